The fourth-order valence-electron chi connectivity index (χ4n) is 1.24. The molecule has 94 valence electrons. The van der Waals surface area contributed by atoms with Crippen LogP contribution >= 0.6 is 11.6 Å². The van der Waals surface area contributed by atoms with E-state index in [-0.39, 0.29) is 12.5 Å². The molecule has 5 heteroatoms. The first kappa shape index (κ1) is 13.6. The first-order valence-electron chi connectivity index (χ1n) is 5.54. The van der Waals surface area contributed by atoms with Crippen molar-refractivity contribution >= 4 is 28.9 Å². The third kappa shape index (κ3) is 4.95. The molecular weight excluding hydrogens is 238 g/mol. The zero-order valence-electron chi connectivity index (χ0n) is 10.1. The summed E-state index contributed by atoms with van der Waals surface area (Å²) in [6.07, 6.45) is 0. The Morgan fingerprint density at radius 1 is 1.47 bits per heavy atom. The molecule has 0 spiro atoms. The summed E-state index contributed by atoms with van der Waals surface area (Å²) in [5.41, 5.74) is 7.00. The largest absolute Gasteiger partial charge is 0.397 e. The summed E-state index contributed by atoms with van der Waals surface area (Å²) in [6, 6.07) is 5.12. The Morgan fingerprint density at radius 2 is 2.18 bits per heavy atom. The van der Waals surface area contributed by atoms with E-state index in [9.17, 15) is 4.79 Å². The number of hydrogen-bond donors (Lipinski definition) is 3. The lowest BCUT2D eigenvalue weighted by atomic mass is 10.2. The van der Waals surface area contributed by atoms with Crippen molar-refractivity contribution in [2.75, 3.05) is 24.1 Å². The predicted octanol–water partition coefficient (Wildman–Crippen LogP) is 2.11. The van der Waals surface area contributed by atoms with Gasteiger partial charge in [-0.3, -0.25) is 4.79 Å². The quantitative estimate of drug-likeness (QED) is 0.706. The normalized spacial score (nSPS) is 10.4. The number of rotatable bonds is 5. The van der Waals surface area contributed by atoms with E-state index in [1.54, 1.807) is 18.2 Å². The molecule has 0 aliphatic heterocycles. The molecule has 0 aromatic heterocycles. The summed E-state index contributed by atoms with van der Waals surface area (Å²) in [6.45, 7) is 4.95. The molecule has 0 heterocycles. The Labute approximate surface area is 107 Å². The summed E-state index contributed by atoms with van der Waals surface area (Å²) >= 11 is 5.84. The van der Waals surface area contributed by atoms with Crippen molar-refractivity contribution in [1.29, 1.82) is 0 Å². The van der Waals surface area contributed by atoms with Crippen molar-refractivity contribution < 1.29 is 4.79 Å². The molecular formula is C12H18ClN3O. The number of amides is 1. The molecule has 0 fully saturated rings. The van der Waals surface area contributed by atoms with Crippen LogP contribution in [0.3, 0.4) is 0 Å². The molecule has 1 aromatic rings. The van der Waals surface area contributed by atoms with Gasteiger partial charge in [0.05, 0.1) is 17.9 Å². The van der Waals surface area contributed by atoms with Crippen LogP contribution in [0.1, 0.15) is 13.8 Å². The van der Waals surface area contributed by atoms with Crippen molar-refractivity contribution in [3.63, 3.8) is 0 Å². The summed E-state index contributed by atoms with van der Waals surface area (Å²) in [5, 5.41) is 6.35. The minimum atomic E-state index is -0.0573. The molecule has 4 N–H and O–H groups in total. The lowest BCUT2D eigenvalue weighted by molar-refractivity contribution is -0.119. The van der Waals surface area contributed by atoms with Crippen LogP contribution in [0.5, 0.6) is 0 Å². The third-order valence-corrected chi connectivity index (χ3v) is 2.40. The van der Waals surface area contributed by atoms with Crippen LogP contribution in [0.15, 0.2) is 18.2 Å². The van der Waals surface area contributed by atoms with Crippen molar-refractivity contribution in [3.05, 3.63) is 23.2 Å². The van der Waals surface area contributed by atoms with E-state index >= 15 is 0 Å². The highest BCUT2D eigenvalue weighted by molar-refractivity contribution is 6.31. The number of halogens is 1. The van der Waals surface area contributed by atoms with Crippen molar-refractivity contribution in [3.8, 4) is 0 Å². The zero-order chi connectivity index (χ0) is 12.8. The Hall–Kier alpha value is -1.42. The maximum Gasteiger partial charge on any atom is 0.239 e. The van der Waals surface area contributed by atoms with Gasteiger partial charge in [-0.1, -0.05) is 25.4 Å². The van der Waals surface area contributed by atoms with E-state index in [4.69, 9.17) is 17.3 Å². The van der Waals surface area contributed by atoms with Crippen molar-refractivity contribution in [2.45, 2.75) is 13.8 Å². The van der Waals surface area contributed by atoms with Gasteiger partial charge in [-0.05, 0) is 24.1 Å². The lowest BCUT2D eigenvalue weighted by Gasteiger charge is -2.11. The van der Waals surface area contributed by atoms with Gasteiger partial charge >= 0.3 is 0 Å². The molecule has 1 rings (SSSR count). The molecule has 0 aliphatic rings. The fraction of sp³-hybridized carbons (Fsp3) is 0.417. The smallest absolute Gasteiger partial charge is 0.239 e. The molecule has 0 saturated heterocycles. The van der Waals surface area contributed by atoms with E-state index in [0.717, 1.165) is 0 Å². The van der Waals surface area contributed by atoms with E-state index < -0.39 is 0 Å². The van der Waals surface area contributed by atoms with Crippen LogP contribution in [0.4, 0.5) is 11.4 Å². The second-order valence-corrected chi connectivity index (χ2v) is 4.72. The summed E-state index contributed by atoms with van der Waals surface area (Å²) in [4.78, 5) is 11.5. The Morgan fingerprint density at radius 3 is 2.82 bits per heavy atom. The van der Waals surface area contributed by atoms with Crippen molar-refractivity contribution in [2.24, 2.45) is 5.92 Å². The number of nitrogens with one attached hydrogen (secondary N) is 2. The number of hydrogen-bond acceptors (Lipinski definition) is 3. The highest BCUT2D eigenvalue weighted by atomic mass is 35.5. The second-order valence-electron chi connectivity index (χ2n) is 4.28. The van der Waals surface area contributed by atoms with Crippen LogP contribution in [0.2, 0.25) is 5.02 Å². The number of nitrogen functional groups attached to an aromatic ring is 1. The van der Waals surface area contributed by atoms with Gasteiger partial charge in [0.25, 0.3) is 0 Å². The molecule has 0 bridgehead atoms. The minimum absolute atomic E-state index is 0.0573. The van der Waals surface area contributed by atoms with Crippen LogP contribution in [0.25, 0.3) is 0 Å². The highest BCUT2D eigenvalue weighted by Gasteiger charge is 2.04. The van der Waals surface area contributed by atoms with Gasteiger partial charge in [0.1, 0.15) is 0 Å². The van der Waals surface area contributed by atoms with E-state index in [1.807, 2.05) is 13.8 Å². The predicted molar refractivity (Wildman–Crippen MR) is 72.2 cm³/mol. The summed E-state index contributed by atoms with van der Waals surface area (Å²) in [7, 11) is 0. The highest BCUT2D eigenvalue weighted by Crippen LogP contribution is 2.22. The standard InChI is InChI=1S/C12H18ClN3O/c1-8(2)6-16-12(17)7-15-11-5-9(13)3-4-10(11)14/h3-5,8,15H,6-7,14H2,1-2H3,(H,16,17). The lowest BCUT2D eigenvalue weighted by Crippen LogP contribution is -2.32. The van der Waals surface area contributed by atoms with Gasteiger partial charge in [-0.2, -0.15) is 0 Å². The van der Waals surface area contributed by atoms with Gasteiger partial charge in [0.15, 0.2) is 0 Å². The first-order chi connectivity index (χ1) is 7.99. The van der Waals surface area contributed by atoms with Crippen LogP contribution < -0.4 is 16.4 Å². The number of anilines is 2. The van der Waals surface area contributed by atoms with E-state index in [0.29, 0.717) is 28.9 Å². The van der Waals surface area contributed by atoms with Gasteiger partial charge in [0.2, 0.25) is 5.91 Å². The molecule has 0 saturated carbocycles. The molecule has 4 nitrogen and oxygen atoms in total. The molecule has 0 aliphatic carbocycles. The molecule has 0 unspecified atom stereocenters. The first-order valence-corrected chi connectivity index (χ1v) is 5.92. The molecule has 0 radical (unpaired) electrons. The molecule has 1 amide bonds. The second kappa shape index (κ2) is 6.35. The zero-order valence-corrected chi connectivity index (χ0v) is 10.8. The van der Waals surface area contributed by atoms with Crippen molar-refractivity contribution in [1.82, 2.24) is 5.32 Å². The molecule has 17 heavy (non-hydrogen) atoms. The van der Waals surface area contributed by atoms with Crippen LogP contribution in [-0.4, -0.2) is 19.0 Å². The van der Waals surface area contributed by atoms with Gasteiger partial charge in [-0.25, -0.2) is 0 Å². The molecule has 0 atom stereocenters. The van der Waals surface area contributed by atoms with E-state index in [1.165, 1.54) is 0 Å². The van der Waals surface area contributed by atoms with Gasteiger partial charge in [-0.15, -0.1) is 0 Å². The summed E-state index contributed by atoms with van der Waals surface area (Å²) in [5.74, 6) is 0.383. The average Bonchev–Trinajstić information content (AvgIpc) is 2.27. The van der Waals surface area contributed by atoms with Gasteiger partial charge in [0, 0.05) is 11.6 Å². The molecule has 1 aromatic carbocycles. The van der Waals surface area contributed by atoms with Gasteiger partial charge < -0.3 is 16.4 Å². The maximum absolute atomic E-state index is 11.5. The van der Waals surface area contributed by atoms with Crippen LogP contribution in [-0.2, 0) is 4.79 Å². The fourth-order valence-corrected chi connectivity index (χ4v) is 1.41. The third-order valence-electron chi connectivity index (χ3n) is 2.16. The Kier molecular flexibility index (Phi) is 5.10. The summed E-state index contributed by atoms with van der Waals surface area (Å²) < 4.78 is 0. The van der Waals surface area contributed by atoms with E-state index in [2.05, 4.69) is 10.6 Å². The SMILES string of the molecule is CC(C)CNC(=O)CNc1cc(Cl)ccc1N. The topological polar surface area (TPSA) is 67.2 Å². The number of benzene rings is 1. The maximum atomic E-state index is 11.5. The average molecular weight is 256 g/mol. The van der Waals surface area contributed by atoms with Crippen LogP contribution in [0, 0.1) is 5.92 Å². The Balaban J connectivity index is 2.44. The monoisotopic (exact) mass is 255 g/mol. The number of carbonyl (C=O) groups is 1. The number of nitrogens with two attached hydrogens (primary N) is 1. The Bertz CT molecular complexity index is 393. The minimum Gasteiger partial charge on any atom is -0.397 e. The number of carbonyl (C=O) groups excluding carboxylic acids is 1.